The Kier molecular flexibility index (Phi) is 9.37. The largest absolute Gasteiger partial charge is 0.357 e. The number of amides is 1. The molecule has 2 aliphatic rings. The first-order valence-electron chi connectivity index (χ1n) is 11.7. The van der Waals surface area contributed by atoms with Crippen LogP contribution in [0.15, 0.2) is 47.7 Å². The maximum atomic E-state index is 12.7. The number of carbonyl (C=O) groups is 1. The second-order valence-corrected chi connectivity index (χ2v) is 8.52. The van der Waals surface area contributed by atoms with Crippen molar-refractivity contribution in [3.8, 4) is 5.69 Å². The Morgan fingerprint density at radius 2 is 1.97 bits per heavy atom. The van der Waals surface area contributed by atoms with Gasteiger partial charge in [-0.25, -0.2) is 4.68 Å². The molecule has 1 aliphatic heterocycles. The molecule has 8 heteroatoms. The normalized spacial score (nSPS) is 19.1. The molecule has 1 unspecified atom stereocenters. The zero-order chi connectivity index (χ0) is 21.5. The zero-order valence-corrected chi connectivity index (χ0v) is 21.2. The molecule has 0 spiro atoms. The SMILES string of the molecule is CCNC(=NCCc1ccc(-n2cccn2)cc1)NC1CCN(C(=O)C2CCCC2)C1.I. The number of aliphatic imine (C=N–C) groups is 1. The summed E-state index contributed by atoms with van der Waals surface area (Å²) in [6.45, 7) is 5.26. The molecule has 0 radical (unpaired) electrons. The van der Waals surface area contributed by atoms with Crippen molar-refractivity contribution in [1.29, 1.82) is 0 Å². The van der Waals surface area contributed by atoms with Crippen LogP contribution in [0.3, 0.4) is 0 Å². The van der Waals surface area contributed by atoms with Gasteiger partial charge in [0.05, 0.1) is 5.69 Å². The van der Waals surface area contributed by atoms with E-state index in [-0.39, 0.29) is 35.9 Å². The maximum Gasteiger partial charge on any atom is 0.225 e. The minimum Gasteiger partial charge on any atom is -0.357 e. The van der Waals surface area contributed by atoms with Gasteiger partial charge in [0.1, 0.15) is 0 Å². The van der Waals surface area contributed by atoms with Crippen molar-refractivity contribution < 1.29 is 4.79 Å². The minimum atomic E-state index is 0. The highest BCUT2D eigenvalue weighted by molar-refractivity contribution is 14.0. The smallest absolute Gasteiger partial charge is 0.225 e. The molecule has 1 atom stereocenters. The van der Waals surface area contributed by atoms with Crippen molar-refractivity contribution >= 4 is 35.8 Å². The molecule has 2 N–H and O–H groups in total. The highest BCUT2D eigenvalue weighted by Crippen LogP contribution is 2.27. The Morgan fingerprint density at radius 1 is 1.19 bits per heavy atom. The second-order valence-electron chi connectivity index (χ2n) is 8.52. The number of hydrogen-bond acceptors (Lipinski definition) is 3. The van der Waals surface area contributed by atoms with E-state index in [0.717, 1.165) is 57.0 Å². The van der Waals surface area contributed by atoms with E-state index in [0.29, 0.717) is 12.5 Å². The summed E-state index contributed by atoms with van der Waals surface area (Å²) in [7, 11) is 0. The van der Waals surface area contributed by atoms with Gasteiger partial charge in [0.2, 0.25) is 5.91 Å². The Bertz CT molecular complexity index is 861. The van der Waals surface area contributed by atoms with Gasteiger partial charge in [0, 0.05) is 50.5 Å². The van der Waals surface area contributed by atoms with Crippen LogP contribution in [-0.4, -0.2) is 58.8 Å². The molecular formula is C24H35IN6O. The number of likely N-dealkylation sites (tertiary alicyclic amines) is 1. The third-order valence-corrected chi connectivity index (χ3v) is 6.27. The molecule has 4 rings (SSSR count). The predicted octanol–water partition coefficient (Wildman–Crippen LogP) is 3.38. The molecule has 7 nitrogen and oxygen atoms in total. The lowest BCUT2D eigenvalue weighted by Crippen LogP contribution is -2.45. The molecule has 1 aromatic carbocycles. The standard InChI is InChI=1S/C24H34N6O.HI/c1-2-25-24(28-21-13-17-29(18-21)23(31)20-6-3-4-7-20)26-15-12-19-8-10-22(11-9-19)30-16-5-14-27-30;/h5,8-11,14,16,20-21H,2-4,6-7,12-13,15,17-18H2,1H3,(H2,25,26,28);1H. The summed E-state index contributed by atoms with van der Waals surface area (Å²) in [5, 5.41) is 11.1. The minimum absolute atomic E-state index is 0. The number of guanidine groups is 1. The van der Waals surface area contributed by atoms with Gasteiger partial charge >= 0.3 is 0 Å². The Hall–Kier alpha value is -2.10. The van der Waals surface area contributed by atoms with Crippen LogP contribution in [0.2, 0.25) is 0 Å². The summed E-state index contributed by atoms with van der Waals surface area (Å²) in [5.41, 5.74) is 2.31. The fraction of sp³-hybridized carbons (Fsp3) is 0.542. The number of aromatic nitrogens is 2. The van der Waals surface area contributed by atoms with E-state index in [1.807, 2.05) is 16.9 Å². The topological polar surface area (TPSA) is 74.6 Å². The van der Waals surface area contributed by atoms with Crippen molar-refractivity contribution in [2.75, 3.05) is 26.2 Å². The maximum absolute atomic E-state index is 12.7. The van der Waals surface area contributed by atoms with E-state index in [9.17, 15) is 4.79 Å². The van der Waals surface area contributed by atoms with Gasteiger partial charge in [-0.2, -0.15) is 5.10 Å². The number of carbonyl (C=O) groups excluding carboxylic acids is 1. The molecule has 174 valence electrons. The fourth-order valence-corrected chi connectivity index (χ4v) is 4.56. The van der Waals surface area contributed by atoms with Gasteiger partial charge in [-0.15, -0.1) is 24.0 Å². The van der Waals surface area contributed by atoms with Gasteiger partial charge in [0.25, 0.3) is 0 Å². The number of hydrogen-bond donors (Lipinski definition) is 2. The van der Waals surface area contributed by atoms with E-state index in [2.05, 4.69) is 51.8 Å². The van der Waals surface area contributed by atoms with Gasteiger partial charge in [-0.05, 0) is 56.4 Å². The van der Waals surface area contributed by atoms with E-state index < -0.39 is 0 Å². The monoisotopic (exact) mass is 550 g/mol. The van der Waals surface area contributed by atoms with Crippen LogP contribution in [0, 0.1) is 5.92 Å². The molecule has 0 bridgehead atoms. The summed E-state index contributed by atoms with van der Waals surface area (Å²) < 4.78 is 1.86. The van der Waals surface area contributed by atoms with E-state index in [1.54, 1.807) is 6.20 Å². The molecule has 1 aromatic heterocycles. The first kappa shape index (κ1) is 24.5. The molecule has 2 heterocycles. The average Bonchev–Trinajstić information content (AvgIpc) is 3.57. The third-order valence-electron chi connectivity index (χ3n) is 6.27. The first-order valence-corrected chi connectivity index (χ1v) is 11.7. The number of rotatable bonds is 7. The lowest BCUT2D eigenvalue weighted by Gasteiger charge is -2.21. The van der Waals surface area contributed by atoms with E-state index in [4.69, 9.17) is 4.99 Å². The van der Waals surface area contributed by atoms with Crippen LogP contribution < -0.4 is 10.6 Å². The molecular weight excluding hydrogens is 515 g/mol. The molecule has 1 saturated heterocycles. The summed E-state index contributed by atoms with van der Waals surface area (Å²) in [4.78, 5) is 19.5. The van der Waals surface area contributed by atoms with Crippen molar-refractivity contribution in [2.45, 2.75) is 51.5 Å². The lowest BCUT2D eigenvalue weighted by molar-refractivity contribution is -0.134. The van der Waals surface area contributed by atoms with Gasteiger partial charge in [0.15, 0.2) is 5.96 Å². The number of halogens is 1. The van der Waals surface area contributed by atoms with Crippen LogP contribution in [0.4, 0.5) is 0 Å². The quantitative estimate of drug-likeness (QED) is 0.315. The number of nitrogens with zero attached hydrogens (tertiary/aromatic N) is 4. The highest BCUT2D eigenvalue weighted by Gasteiger charge is 2.32. The van der Waals surface area contributed by atoms with Crippen molar-refractivity contribution in [1.82, 2.24) is 25.3 Å². The molecule has 1 aliphatic carbocycles. The summed E-state index contributed by atoms with van der Waals surface area (Å²) in [6, 6.07) is 10.6. The summed E-state index contributed by atoms with van der Waals surface area (Å²) >= 11 is 0. The van der Waals surface area contributed by atoms with Gasteiger partial charge in [-0.1, -0.05) is 25.0 Å². The summed E-state index contributed by atoms with van der Waals surface area (Å²) in [5.74, 6) is 1.47. The Balaban J connectivity index is 0.00000289. The van der Waals surface area contributed by atoms with Gasteiger partial charge < -0.3 is 15.5 Å². The number of nitrogens with one attached hydrogen (secondary N) is 2. The first-order chi connectivity index (χ1) is 15.2. The second kappa shape index (κ2) is 12.2. The van der Waals surface area contributed by atoms with Crippen LogP contribution in [0.5, 0.6) is 0 Å². The lowest BCUT2D eigenvalue weighted by atomic mass is 10.1. The highest BCUT2D eigenvalue weighted by atomic mass is 127. The summed E-state index contributed by atoms with van der Waals surface area (Å²) in [6.07, 6.45) is 10.1. The molecule has 2 fully saturated rings. The Labute approximate surface area is 208 Å². The van der Waals surface area contributed by atoms with Crippen LogP contribution in [0.1, 0.15) is 44.6 Å². The Morgan fingerprint density at radius 3 is 2.66 bits per heavy atom. The molecule has 2 aromatic rings. The fourth-order valence-electron chi connectivity index (χ4n) is 4.56. The van der Waals surface area contributed by atoms with Gasteiger partial charge in [-0.3, -0.25) is 9.79 Å². The average molecular weight is 550 g/mol. The predicted molar refractivity (Wildman–Crippen MR) is 139 cm³/mol. The van der Waals surface area contributed by atoms with E-state index >= 15 is 0 Å². The van der Waals surface area contributed by atoms with Crippen LogP contribution in [-0.2, 0) is 11.2 Å². The third kappa shape index (κ3) is 6.46. The molecule has 1 amide bonds. The van der Waals surface area contributed by atoms with Crippen molar-refractivity contribution in [3.63, 3.8) is 0 Å². The van der Waals surface area contributed by atoms with Crippen molar-refractivity contribution in [2.24, 2.45) is 10.9 Å². The van der Waals surface area contributed by atoms with E-state index in [1.165, 1.54) is 18.4 Å². The molecule has 1 saturated carbocycles. The van der Waals surface area contributed by atoms with Crippen LogP contribution >= 0.6 is 24.0 Å². The van der Waals surface area contributed by atoms with Crippen LogP contribution in [0.25, 0.3) is 5.69 Å². The zero-order valence-electron chi connectivity index (χ0n) is 18.9. The molecule has 32 heavy (non-hydrogen) atoms. The number of benzene rings is 1. The van der Waals surface area contributed by atoms with Crippen molar-refractivity contribution in [3.05, 3.63) is 48.3 Å².